The smallest absolute Gasteiger partial charge is 0.242 e. The zero-order valence-corrected chi connectivity index (χ0v) is 17.0. The maximum atomic E-state index is 13.1. The molecule has 27 heavy (non-hydrogen) atoms. The van der Waals surface area contributed by atoms with E-state index in [1.165, 1.54) is 0 Å². The Morgan fingerprint density at radius 2 is 1.81 bits per heavy atom. The minimum atomic E-state index is -0.298. The number of carbonyl (C=O) groups is 2. The average molecular weight is 372 g/mol. The van der Waals surface area contributed by atoms with Crippen LogP contribution in [0.4, 0.5) is 0 Å². The van der Waals surface area contributed by atoms with Gasteiger partial charge in [-0.3, -0.25) is 9.59 Å². The number of methoxy groups -OCH3 is 2. The summed E-state index contributed by atoms with van der Waals surface area (Å²) in [7, 11) is 6.86. The molecule has 0 radical (unpaired) electrons. The molecule has 3 rings (SSSR count). The third-order valence-electron chi connectivity index (χ3n) is 5.33. The van der Waals surface area contributed by atoms with Gasteiger partial charge in [0.1, 0.15) is 11.5 Å². The first kappa shape index (κ1) is 19.4. The minimum Gasteiger partial charge on any atom is -0.497 e. The molecule has 1 aromatic rings. The van der Waals surface area contributed by atoms with E-state index >= 15 is 0 Å². The monoisotopic (exact) mass is 372 g/mol. The van der Waals surface area contributed by atoms with Gasteiger partial charge in [-0.2, -0.15) is 0 Å². The van der Waals surface area contributed by atoms with Crippen molar-refractivity contribution in [3.63, 3.8) is 0 Å². The van der Waals surface area contributed by atoms with Crippen LogP contribution >= 0.6 is 0 Å². The summed E-state index contributed by atoms with van der Waals surface area (Å²) in [6, 6.07) is 5.55. The Morgan fingerprint density at radius 1 is 1.11 bits per heavy atom. The van der Waals surface area contributed by atoms with Crippen molar-refractivity contribution in [3.8, 4) is 11.5 Å². The number of hydrogen-bond donors (Lipinski definition) is 0. The molecule has 1 heterocycles. The summed E-state index contributed by atoms with van der Waals surface area (Å²) in [5, 5.41) is 3.44. The average Bonchev–Trinajstić information content (AvgIpc) is 2.58. The topological polar surface area (TPSA) is 59.1 Å². The maximum Gasteiger partial charge on any atom is 0.242 e. The van der Waals surface area contributed by atoms with Crippen LogP contribution in [0.2, 0.25) is 0 Å². The van der Waals surface area contributed by atoms with Crippen LogP contribution in [0.1, 0.15) is 44.6 Å². The van der Waals surface area contributed by atoms with Crippen molar-refractivity contribution in [1.29, 1.82) is 0 Å². The number of amides is 1. The molecule has 146 valence electrons. The summed E-state index contributed by atoms with van der Waals surface area (Å²) in [5.41, 5.74) is 2.24. The molecule has 0 fully saturated rings. The van der Waals surface area contributed by atoms with Gasteiger partial charge < -0.3 is 9.47 Å². The van der Waals surface area contributed by atoms with Crippen LogP contribution in [-0.4, -0.2) is 50.0 Å². The second-order valence-corrected chi connectivity index (χ2v) is 8.22. The predicted molar refractivity (Wildman–Crippen MR) is 102 cm³/mol. The summed E-state index contributed by atoms with van der Waals surface area (Å²) >= 11 is 0. The van der Waals surface area contributed by atoms with Crippen LogP contribution < -0.4 is 9.47 Å². The number of ketones is 1. The molecule has 1 aliphatic heterocycles. The first-order valence-corrected chi connectivity index (χ1v) is 9.17. The number of Topliss-reactive ketones (excluding diaryl/α,β-unsaturated/α-hetero) is 1. The van der Waals surface area contributed by atoms with Gasteiger partial charge in [0.15, 0.2) is 5.78 Å². The fourth-order valence-corrected chi connectivity index (χ4v) is 4.24. The number of allylic oxidation sites excluding steroid dienone is 2. The standard InChI is InChI=1S/C21H28N2O4/c1-21(2)11-16-20(17(24)12-21)15(10-19(25)23(16)22(3)4)14-8-7-13(26-5)9-18(14)27-6/h7-9,15H,10-12H2,1-6H3. The largest absolute Gasteiger partial charge is 0.497 e. The molecule has 1 aliphatic carbocycles. The Balaban J connectivity index is 2.18. The molecule has 2 aliphatic rings. The van der Waals surface area contributed by atoms with Gasteiger partial charge >= 0.3 is 0 Å². The molecular formula is C21H28N2O4. The molecule has 0 bridgehead atoms. The summed E-state index contributed by atoms with van der Waals surface area (Å²) in [6.07, 6.45) is 1.41. The zero-order chi connectivity index (χ0) is 19.9. The Hall–Kier alpha value is -2.34. The molecule has 0 saturated carbocycles. The van der Waals surface area contributed by atoms with Crippen molar-refractivity contribution < 1.29 is 19.1 Å². The molecule has 0 spiro atoms. The van der Waals surface area contributed by atoms with Crippen molar-refractivity contribution in [2.24, 2.45) is 5.41 Å². The van der Waals surface area contributed by atoms with E-state index < -0.39 is 0 Å². The molecule has 0 N–H and O–H groups in total. The van der Waals surface area contributed by atoms with Crippen molar-refractivity contribution >= 4 is 11.7 Å². The van der Waals surface area contributed by atoms with E-state index in [0.717, 1.165) is 16.8 Å². The van der Waals surface area contributed by atoms with Gasteiger partial charge in [0, 0.05) is 55.8 Å². The molecule has 6 nitrogen and oxygen atoms in total. The van der Waals surface area contributed by atoms with E-state index in [-0.39, 0.29) is 29.4 Å². The molecule has 1 unspecified atom stereocenters. The number of rotatable bonds is 4. The number of carbonyl (C=O) groups excluding carboxylic acids is 2. The normalized spacial score (nSPS) is 22.2. The molecule has 1 amide bonds. The predicted octanol–water partition coefficient (Wildman–Crippen LogP) is 3.14. The van der Waals surface area contributed by atoms with E-state index in [4.69, 9.17) is 9.47 Å². The first-order valence-electron chi connectivity index (χ1n) is 9.17. The lowest BCUT2D eigenvalue weighted by Crippen LogP contribution is -2.49. The fourth-order valence-electron chi connectivity index (χ4n) is 4.24. The van der Waals surface area contributed by atoms with Crippen LogP contribution in [0.3, 0.4) is 0 Å². The fraction of sp³-hybridized carbons (Fsp3) is 0.524. The van der Waals surface area contributed by atoms with Gasteiger partial charge in [-0.05, 0) is 17.9 Å². The number of benzene rings is 1. The summed E-state index contributed by atoms with van der Waals surface area (Å²) < 4.78 is 10.8. The van der Waals surface area contributed by atoms with Gasteiger partial charge in [-0.25, -0.2) is 10.0 Å². The maximum absolute atomic E-state index is 13.1. The van der Waals surface area contributed by atoms with Crippen LogP contribution in [-0.2, 0) is 9.59 Å². The van der Waals surface area contributed by atoms with Crippen LogP contribution in [0.25, 0.3) is 0 Å². The second-order valence-electron chi connectivity index (χ2n) is 8.22. The lowest BCUT2D eigenvalue weighted by Gasteiger charge is -2.44. The van der Waals surface area contributed by atoms with Crippen molar-refractivity contribution in [3.05, 3.63) is 35.0 Å². The quantitative estimate of drug-likeness (QED) is 0.813. The van der Waals surface area contributed by atoms with E-state index in [0.29, 0.717) is 24.3 Å². The highest BCUT2D eigenvalue weighted by atomic mass is 16.5. The molecule has 0 saturated heterocycles. The minimum absolute atomic E-state index is 0.00730. The number of hydrogen-bond acceptors (Lipinski definition) is 5. The number of ether oxygens (including phenoxy) is 2. The number of hydrazine groups is 1. The lowest BCUT2D eigenvalue weighted by molar-refractivity contribution is -0.143. The zero-order valence-electron chi connectivity index (χ0n) is 17.0. The Bertz CT molecular complexity index is 810. The second kappa shape index (κ2) is 7.00. The molecule has 1 aromatic carbocycles. The highest BCUT2D eigenvalue weighted by molar-refractivity contribution is 6.02. The van der Waals surface area contributed by atoms with E-state index in [9.17, 15) is 9.59 Å². The Kier molecular flexibility index (Phi) is 5.04. The lowest BCUT2D eigenvalue weighted by atomic mass is 9.69. The number of nitrogens with zero attached hydrogens (tertiary/aromatic N) is 2. The van der Waals surface area contributed by atoms with E-state index in [1.54, 1.807) is 30.3 Å². The van der Waals surface area contributed by atoms with Gasteiger partial charge in [0.05, 0.1) is 14.2 Å². The van der Waals surface area contributed by atoms with Crippen molar-refractivity contribution in [2.45, 2.75) is 39.0 Å². The van der Waals surface area contributed by atoms with Crippen LogP contribution in [0.15, 0.2) is 29.5 Å². The van der Waals surface area contributed by atoms with Crippen molar-refractivity contribution in [1.82, 2.24) is 10.0 Å². The van der Waals surface area contributed by atoms with E-state index in [1.807, 2.05) is 26.2 Å². The van der Waals surface area contributed by atoms with E-state index in [2.05, 4.69) is 13.8 Å². The van der Waals surface area contributed by atoms with Gasteiger partial charge in [-0.1, -0.05) is 19.9 Å². The Morgan fingerprint density at radius 3 is 2.41 bits per heavy atom. The highest BCUT2D eigenvalue weighted by Crippen LogP contribution is 2.48. The van der Waals surface area contributed by atoms with Gasteiger partial charge in [-0.15, -0.1) is 0 Å². The molecule has 0 aromatic heterocycles. The van der Waals surface area contributed by atoms with Crippen LogP contribution in [0.5, 0.6) is 11.5 Å². The first-order chi connectivity index (χ1) is 12.7. The van der Waals surface area contributed by atoms with Gasteiger partial charge in [0.25, 0.3) is 0 Å². The van der Waals surface area contributed by atoms with Crippen LogP contribution in [0, 0.1) is 5.41 Å². The summed E-state index contributed by atoms with van der Waals surface area (Å²) in [4.78, 5) is 26.1. The highest BCUT2D eigenvalue weighted by Gasteiger charge is 2.45. The summed E-state index contributed by atoms with van der Waals surface area (Å²) in [5.74, 6) is 1.12. The van der Waals surface area contributed by atoms with Crippen molar-refractivity contribution in [2.75, 3.05) is 28.3 Å². The third kappa shape index (κ3) is 3.46. The van der Waals surface area contributed by atoms with Gasteiger partial charge in [0.2, 0.25) is 5.91 Å². The Labute approximate surface area is 160 Å². The molecule has 6 heteroatoms. The molecular weight excluding hydrogens is 344 g/mol. The summed E-state index contributed by atoms with van der Waals surface area (Å²) in [6.45, 7) is 4.15. The third-order valence-corrected chi connectivity index (χ3v) is 5.33. The molecule has 1 atom stereocenters. The SMILES string of the molecule is COc1ccc(C2CC(=O)N(N(C)C)C3=C2C(=O)CC(C)(C)C3)c(OC)c1.